The molecule has 88 valence electrons. The molecule has 7 heteroatoms. The van der Waals surface area contributed by atoms with Gasteiger partial charge in [-0.3, -0.25) is 0 Å². The quantitative estimate of drug-likeness (QED) is 0.765. The van der Waals surface area contributed by atoms with E-state index in [-0.39, 0.29) is 0 Å². The van der Waals surface area contributed by atoms with E-state index in [9.17, 15) is 0 Å². The Hall–Kier alpha value is -1.53. The zero-order valence-corrected chi connectivity index (χ0v) is 9.76. The lowest BCUT2D eigenvalue weighted by Gasteiger charge is -2.04. The van der Waals surface area contributed by atoms with Gasteiger partial charge in [-0.05, 0) is 18.6 Å². The van der Waals surface area contributed by atoms with Crippen LogP contribution in [0.25, 0.3) is 11.5 Å². The molecule has 0 radical (unpaired) electrons. The van der Waals surface area contributed by atoms with Gasteiger partial charge in [-0.25, -0.2) is 0 Å². The Morgan fingerprint density at radius 2 is 2.12 bits per heavy atom. The maximum Gasteiger partial charge on any atom is 0.184 e. The fourth-order valence-electron chi connectivity index (χ4n) is 1.79. The summed E-state index contributed by atoms with van der Waals surface area (Å²) < 4.78 is 7.43. The molecule has 3 rings (SSSR count). The highest BCUT2D eigenvalue weighted by Crippen LogP contribution is 2.19. The van der Waals surface area contributed by atoms with Gasteiger partial charge in [0.2, 0.25) is 0 Å². The Morgan fingerprint density at radius 1 is 1.18 bits per heavy atom. The van der Waals surface area contributed by atoms with E-state index in [0.29, 0.717) is 17.5 Å². The molecule has 2 aromatic heterocycles. The van der Waals surface area contributed by atoms with Gasteiger partial charge < -0.3 is 9.30 Å². The standard InChI is InChI=1S/C10H10ClN5O/c11-8-3-2-7(12-13-8)10-15-14-9-6-17-5-1-4-16(9)10/h2-3H,1,4-6H2. The first kappa shape index (κ1) is 10.6. The van der Waals surface area contributed by atoms with Crippen LogP contribution in [0.3, 0.4) is 0 Å². The number of hydrogen-bond donors (Lipinski definition) is 0. The highest BCUT2D eigenvalue weighted by atomic mass is 35.5. The Bertz CT molecular complexity index is 524. The van der Waals surface area contributed by atoms with Gasteiger partial charge in [-0.15, -0.1) is 20.4 Å². The Balaban J connectivity index is 2.03. The third-order valence-electron chi connectivity index (χ3n) is 2.59. The zero-order chi connectivity index (χ0) is 11.7. The molecule has 0 N–H and O–H groups in total. The largest absolute Gasteiger partial charge is 0.373 e. The van der Waals surface area contributed by atoms with Crippen LogP contribution in [0, 0.1) is 0 Å². The number of halogens is 1. The van der Waals surface area contributed by atoms with Gasteiger partial charge in [0.25, 0.3) is 0 Å². The Kier molecular flexibility index (Phi) is 2.74. The second kappa shape index (κ2) is 4.38. The molecule has 0 amide bonds. The number of hydrogen-bond acceptors (Lipinski definition) is 5. The molecule has 0 saturated heterocycles. The molecule has 2 aromatic rings. The van der Waals surface area contributed by atoms with Crippen molar-refractivity contribution in [3.8, 4) is 11.5 Å². The van der Waals surface area contributed by atoms with E-state index in [1.807, 2.05) is 4.57 Å². The predicted octanol–water partition coefficient (Wildman–Crippen LogP) is 1.31. The first-order valence-electron chi connectivity index (χ1n) is 5.34. The van der Waals surface area contributed by atoms with Gasteiger partial charge >= 0.3 is 0 Å². The third-order valence-corrected chi connectivity index (χ3v) is 2.79. The molecule has 1 aliphatic rings. The maximum absolute atomic E-state index is 5.71. The average molecular weight is 252 g/mol. The first-order valence-corrected chi connectivity index (χ1v) is 5.72. The van der Waals surface area contributed by atoms with E-state index in [4.69, 9.17) is 16.3 Å². The lowest BCUT2D eigenvalue weighted by Crippen LogP contribution is -2.04. The third kappa shape index (κ3) is 2.01. The number of aromatic nitrogens is 5. The normalized spacial score (nSPS) is 15.4. The number of nitrogens with zero attached hydrogens (tertiary/aromatic N) is 5. The molecular weight excluding hydrogens is 242 g/mol. The van der Waals surface area contributed by atoms with E-state index in [0.717, 1.165) is 31.2 Å². The highest BCUT2D eigenvalue weighted by molar-refractivity contribution is 6.29. The zero-order valence-electron chi connectivity index (χ0n) is 9.01. The van der Waals surface area contributed by atoms with Crippen LogP contribution in [0.5, 0.6) is 0 Å². The van der Waals surface area contributed by atoms with Crippen molar-refractivity contribution in [2.45, 2.75) is 19.6 Å². The summed E-state index contributed by atoms with van der Waals surface area (Å²) in [4.78, 5) is 0. The monoisotopic (exact) mass is 251 g/mol. The van der Waals surface area contributed by atoms with E-state index in [1.165, 1.54) is 0 Å². The van der Waals surface area contributed by atoms with Gasteiger partial charge in [-0.1, -0.05) is 11.6 Å². The molecular formula is C10H10ClN5O. The molecule has 0 fully saturated rings. The molecule has 3 heterocycles. The lowest BCUT2D eigenvalue weighted by molar-refractivity contribution is 0.122. The minimum absolute atomic E-state index is 0.368. The van der Waals surface area contributed by atoms with Crippen LogP contribution >= 0.6 is 11.6 Å². The van der Waals surface area contributed by atoms with Crippen molar-refractivity contribution in [1.82, 2.24) is 25.0 Å². The summed E-state index contributed by atoms with van der Waals surface area (Å²) >= 11 is 5.71. The van der Waals surface area contributed by atoms with Crippen molar-refractivity contribution >= 4 is 11.6 Å². The Morgan fingerprint density at radius 3 is 2.94 bits per heavy atom. The second-order valence-corrected chi connectivity index (χ2v) is 4.13. The van der Waals surface area contributed by atoms with Gasteiger partial charge in [0.05, 0.1) is 0 Å². The fraction of sp³-hybridized carbons (Fsp3) is 0.400. The topological polar surface area (TPSA) is 65.7 Å². The van der Waals surface area contributed by atoms with Gasteiger partial charge in [0, 0.05) is 13.2 Å². The molecule has 0 unspecified atom stereocenters. The summed E-state index contributed by atoms with van der Waals surface area (Å²) in [6.45, 7) is 2.07. The van der Waals surface area contributed by atoms with Crippen LogP contribution < -0.4 is 0 Å². The molecule has 0 atom stereocenters. The minimum Gasteiger partial charge on any atom is -0.373 e. The summed E-state index contributed by atoms with van der Waals surface area (Å²) in [5.41, 5.74) is 0.676. The van der Waals surface area contributed by atoms with Crippen LogP contribution in [-0.2, 0) is 17.9 Å². The first-order chi connectivity index (χ1) is 8.34. The van der Waals surface area contributed by atoms with Gasteiger partial charge in [0.1, 0.15) is 12.3 Å². The molecule has 6 nitrogen and oxygen atoms in total. The SMILES string of the molecule is Clc1ccc(-c2nnc3n2CCCOC3)nn1. The summed E-state index contributed by atoms with van der Waals surface area (Å²) in [5.74, 6) is 1.55. The molecule has 0 aromatic carbocycles. The van der Waals surface area contributed by atoms with Crippen molar-refractivity contribution in [1.29, 1.82) is 0 Å². The van der Waals surface area contributed by atoms with Crippen LogP contribution in [0.2, 0.25) is 5.15 Å². The lowest BCUT2D eigenvalue weighted by atomic mass is 10.3. The van der Waals surface area contributed by atoms with Gasteiger partial charge in [-0.2, -0.15) is 0 Å². The van der Waals surface area contributed by atoms with E-state index in [1.54, 1.807) is 12.1 Å². The van der Waals surface area contributed by atoms with Gasteiger partial charge in [0.15, 0.2) is 16.8 Å². The molecule has 17 heavy (non-hydrogen) atoms. The summed E-state index contributed by atoms with van der Waals surface area (Å²) in [5, 5.41) is 16.4. The van der Waals surface area contributed by atoms with Crippen molar-refractivity contribution in [3.63, 3.8) is 0 Å². The summed E-state index contributed by atoms with van der Waals surface area (Å²) in [6, 6.07) is 3.48. The van der Waals surface area contributed by atoms with Crippen LogP contribution in [0.15, 0.2) is 12.1 Å². The van der Waals surface area contributed by atoms with Crippen molar-refractivity contribution < 1.29 is 4.74 Å². The number of rotatable bonds is 1. The fourth-order valence-corrected chi connectivity index (χ4v) is 1.89. The minimum atomic E-state index is 0.368. The Labute approximate surface area is 103 Å². The summed E-state index contributed by atoms with van der Waals surface area (Å²) in [6.07, 6.45) is 0.944. The molecule has 1 aliphatic heterocycles. The predicted molar refractivity (Wildman–Crippen MR) is 60.3 cm³/mol. The van der Waals surface area contributed by atoms with Crippen molar-refractivity contribution in [2.75, 3.05) is 6.61 Å². The molecule has 0 aliphatic carbocycles. The van der Waals surface area contributed by atoms with Crippen LogP contribution in [0.4, 0.5) is 0 Å². The number of ether oxygens (including phenoxy) is 1. The maximum atomic E-state index is 5.71. The van der Waals surface area contributed by atoms with E-state index >= 15 is 0 Å². The average Bonchev–Trinajstić information content (AvgIpc) is 2.60. The van der Waals surface area contributed by atoms with E-state index < -0.39 is 0 Å². The highest BCUT2D eigenvalue weighted by Gasteiger charge is 2.17. The van der Waals surface area contributed by atoms with Crippen LogP contribution in [-0.4, -0.2) is 31.6 Å². The van der Waals surface area contributed by atoms with Crippen molar-refractivity contribution in [2.24, 2.45) is 0 Å². The number of fused-ring (bicyclic) bond motifs is 1. The molecule has 0 spiro atoms. The van der Waals surface area contributed by atoms with Crippen LogP contribution in [0.1, 0.15) is 12.2 Å². The smallest absolute Gasteiger partial charge is 0.184 e. The summed E-state index contributed by atoms with van der Waals surface area (Å²) in [7, 11) is 0. The molecule has 0 bridgehead atoms. The van der Waals surface area contributed by atoms with E-state index in [2.05, 4.69) is 20.4 Å². The second-order valence-electron chi connectivity index (χ2n) is 3.74. The van der Waals surface area contributed by atoms with Crippen molar-refractivity contribution in [3.05, 3.63) is 23.1 Å². The molecule has 0 saturated carbocycles.